The molecule has 2 aromatic carbocycles. The Kier molecular flexibility index (Phi) is 6.78. The van der Waals surface area contributed by atoms with Crippen LogP contribution in [-0.2, 0) is 19.8 Å². The smallest absolute Gasteiger partial charge is 0.493 e. The molecule has 2 saturated heterocycles. The Labute approximate surface area is 188 Å². The third-order valence-corrected chi connectivity index (χ3v) is 5.81. The van der Waals surface area contributed by atoms with E-state index >= 15 is 0 Å². The highest BCUT2D eigenvalue weighted by Crippen LogP contribution is 2.42. The van der Waals surface area contributed by atoms with E-state index < -0.39 is 18.6 Å². The quantitative estimate of drug-likeness (QED) is 0.579. The van der Waals surface area contributed by atoms with Gasteiger partial charge in [0.05, 0.1) is 20.3 Å². The minimum absolute atomic E-state index is 0.166. The zero-order valence-electron chi connectivity index (χ0n) is 18.0. The van der Waals surface area contributed by atoms with Crippen molar-refractivity contribution in [2.45, 2.75) is 24.5 Å². The van der Waals surface area contributed by atoms with E-state index in [0.29, 0.717) is 25.1 Å². The summed E-state index contributed by atoms with van der Waals surface area (Å²) in [7, 11) is 1.39. The van der Waals surface area contributed by atoms with Crippen molar-refractivity contribution in [2.75, 3.05) is 40.2 Å². The average molecular weight is 467 g/mol. The number of alkyl halides is 3. The molecule has 7 nitrogen and oxygen atoms in total. The second-order valence-electron chi connectivity index (χ2n) is 7.68. The van der Waals surface area contributed by atoms with Crippen LogP contribution in [0.3, 0.4) is 0 Å². The molecule has 2 aliphatic rings. The van der Waals surface area contributed by atoms with E-state index in [2.05, 4.69) is 4.74 Å². The Morgan fingerprint density at radius 2 is 1.94 bits per heavy atom. The summed E-state index contributed by atoms with van der Waals surface area (Å²) in [4.78, 5) is 14.9. The maximum Gasteiger partial charge on any atom is 0.522 e. The number of hydrogen-bond acceptors (Lipinski definition) is 6. The van der Waals surface area contributed by atoms with Crippen molar-refractivity contribution < 1.29 is 41.7 Å². The number of carbonyl (C=O) groups excluding carboxylic acids is 1. The van der Waals surface area contributed by atoms with E-state index in [9.17, 15) is 18.0 Å². The lowest BCUT2D eigenvalue weighted by Gasteiger charge is -2.42. The van der Waals surface area contributed by atoms with Gasteiger partial charge >= 0.3 is 6.36 Å². The van der Waals surface area contributed by atoms with Gasteiger partial charge < -0.3 is 23.8 Å². The molecule has 0 radical (unpaired) electrons. The minimum Gasteiger partial charge on any atom is -0.493 e. The third-order valence-electron chi connectivity index (χ3n) is 5.81. The van der Waals surface area contributed by atoms with E-state index in [4.69, 9.17) is 18.9 Å². The molecule has 0 aromatic heterocycles. The molecule has 33 heavy (non-hydrogen) atoms. The molecule has 1 unspecified atom stereocenters. The van der Waals surface area contributed by atoms with Crippen molar-refractivity contribution in [3.63, 3.8) is 0 Å². The fourth-order valence-electron chi connectivity index (χ4n) is 4.20. The number of halogens is 3. The summed E-state index contributed by atoms with van der Waals surface area (Å²) >= 11 is 0. The molecule has 4 rings (SSSR count). The Bertz CT molecular complexity index is 970. The van der Waals surface area contributed by atoms with Crippen LogP contribution in [0.15, 0.2) is 48.5 Å². The second-order valence-corrected chi connectivity index (χ2v) is 7.68. The van der Waals surface area contributed by atoms with Gasteiger partial charge in [-0.3, -0.25) is 9.53 Å². The first-order valence-corrected chi connectivity index (χ1v) is 10.4. The number of rotatable bonds is 7. The zero-order valence-corrected chi connectivity index (χ0v) is 18.0. The largest absolute Gasteiger partial charge is 0.522 e. The fourth-order valence-corrected chi connectivity index (χ4v) is 4.20. The van der Waals surface area contributed by atoms with Crippen molar-refractivity contribution in [2.24, 2.45) is 0 Å². The van der Waals surface area contributed by atoms with Crippen LogP contribution >= 0.6 is 0 Å². The first kappa shape index (κ1) is 23.3. The Balaban J connectivity index is 1.42. The van der Waals surface area contributed by atoms with Gasteiger partial charge in [0.2, 0.25) is 0 Å². The van der Waals surface area contributed by atoms with Gasteiger partial charge in [-0.15, -0.1) is 13.2 Å². The molecule has 2 heterocycles. The third kappa shape index (κ3) is 5.07. The number of ether oxygens (including phenoxy) is 5. The molecular weight excluding hydrogens is 443 g/mol. The van der Waals surface area contributed by atoms with Crippen molar-refractivity contribution in [3.05, 3.63) is 59.7 Å². The highest BCUT2D eigenvalue weighted by molar-refractivity contribution is 5.95. The molecule has 0 bridgehead atoms. The molecule has 0 spiro atoms. The van der Waals surface area contributed by atoms with Gasteiger partial charge in [0.1, 0.15) is 25.1 Å². The van der Waals surface area contributed by atoms with E-state index in [1.54, 1.807) is 11.0 Å². The number of nitrogens with zero attached hydrogens (tertiary/aromatic N) is 1. The lowest BCUT2D eigenvalue weighted by atomic mass is 9.82. The predicted octanol–water partition coefficient (Wildman–Crippen LogP) is 3.72. The van der Waals surface area contributed by atoms with Gasteiger partial charge in [-0.1, -0.05) is 30.3 Å². The molecule has 2 fully saturated rings. The summed E-state index contributed by atoms with van der Waals surface area (Å²) in [5, 5.41) is 0. The van der Waals surface area contributed by atoms with Crippen LogP contribution in [0, 0.1) is 0 Å². The van der Waals surface area contributed by atoms with Gasteiger partial charge in [0, 0.05) is 18.5 Å². The number of carbonyl (C=O) groups is 1. The zero-order chi connectivity index (χ0) is 23.5. The highest BCUT2D eigenvalue weighted by atomic mass is 19.4. The second kappa shape index (κ2) is 9.58. The van der Waals surface area contributed by atoms with Crippen LogP contribution in [0.5, 0.6) is 11.5 Å². The summed E-state index contributed by atoms with van der Waals surface area (Å²) in [5.74, 6) is 0.246. The van der Waals surface area contributed by atoms with Gasteiger partial charge in [0.15, 0.2) is 11.5 Å². The van der Waals surface area contributed by atoms with E-state index in [1.165, 1.54) is 19.2 Å². The summed E-state index contributed by atoms with van der Waals surface area (Å²) in [6.07, 6.45) is -4.43. The molecule has 2 aromatic rings. The van der Waals surface area contributed by atoms with Gasteiger partial charge in [0.25, 0.3) is 5.91 Å². The fraction of sp³-hybridized carbons (Fsp3) is 0.435. The molecule has 2 aliphatic heterocycles. The van der Waals surface area contributed by atoms with Crippen LogP contribution in [0.1, 0.15) is 22.3 Å². The standard InChI is InChI=1S/C23H24F3NO6/c1-29-19-13-16(7-8-18(19)30-11-12-32-23(24,25)26)21(28)27-10-9-22(17-5-3-2-4-6-17)20(14-27)31-15-33-22/h2-8,13,20H,9-12,14-15H2,1H3/t20?,22-/m0/s1. The number of hydrogen-bond donors (Lipinski definition) is 0. The molecule has 0 aliphatic carbocycles. The van der Waals surface area contributed by atoms with Crippen LogP contribution < -0.4 is 9.47 Å². The number of methoxy groups -OCH3 is 1. The highest BCUT2D eigenvalue weighted by Gasteiger charge is 2.51. The molecule has 0 N–H and O–H groups in total. The molecule has 178 valence electrons. The average Bonchev–Trinajstić information content (AvgIpc) is 3.26. The van der Waals surface area contributed by atoms with Gasteiger partial charge in [-0.25, -0.2) is 0 Å². The number of benzene rings is 2. The van der Waals surface area contributed by atoms with Gasteiger partial charge in [-0.2, -0.15) is 0 Å². The van der Waals surface area contributed by atoms with Crippen molar-refractivity contribution in [3.8, 4) is 11.5 Å². The van der Waals surface area contributed by atoms with Crippen molar-refractivity contribution in [1.29, 1.82) is 0 Å². The van der Waals surface area contributed by atoms with Crippen molar-refractivity contribution in [1.82, 2.24) is 4.90 Å². The predicted molar refractivity (Wildman–Crippen MR) is 110 cm³/mol. The Hall–Kier alpha value is -2.82. The molecular formula is C23H24F3NO6. The number of piperidine rings is 1. The first-order chi connectivity index (χ1) is 15.8. The van der Waals surface area contributed by atoms with Crippen molar-refractivity contribution >= 4 is 5.91 Å². The first-order valence-electron chi connectivity index (χ1n) is 10.4. The topological polar surface area (TPSA) is 66.5 Å². The Morgan fingerprint density at radius 1 is 1.15 bits per heavy atom. The molecule has 0 saturated carbocycles. The SMILES string of the molecule is COc1cc(C(=O)N2CC[C@@]3(c4ccccc4)OCOC3C2)ccc1OCCOC(F)(F)F. The lowest BCUT2D eigenvalue weighted by Crippen LogP contribution is -2.53. The summed E-state index contributed by atoms with van der Waals surface area (Å²) < 4.78 is 62.3. The number of amides is 1. The van der Waals surface area contributed by atoms with Crippen LogP contribution in [0.2, 0.25) is 0 Å². The molecule has 2 atom stereocenters. The monoisotopic (exact) mass is 467 g/mol. The van der Waals surface area contributed by atoms with E-state index in [1.807, 2.05) is 30.3 Å². The summed E-state index contributed by atoms with van der Waals surface area (Å²) in [6, 6.07) is 14.4. The maximum absolute atomic E-state index is 13.2. The summed E-state index contributed by atoms with van der Waals surface area (Å²) in [6.45, 7) is 0.0229. The molecule has 1 amide bonds. The minimum atomic E-state index is -4.72. The summed E-state index contributed by atoms with van der Waals surface area (Å²) in [5.41, 5.74) is 0.820. The lowest BCUT2D eigenvalue weighted by molar-refractivity contribution is -0.325. The van der Waals surface area contributed by atoms with E-state index in [0.717, 1.165) is 5.56 Å². The van der Waals surface area contributed by atoms with E-state index in [-0.39, 0.29) is 36.9 Å². The molecule has 10 heteroatoms. The van der Waals surface area contributed by atoms with Gasteiger partial charge in [-0.05, 0) is 23.8 Å². The maximum atomic E-state index is 13.2. The Morgan fingerprint density at radius 3 is 2.67 bits per heavy atom. The van der Waals surface area contributed by atoms with Crippen LogP contribution in [-0.4, -0.2) is 63.5 Å². The normalized spacial score (nSPS) is 22.7. The van der Waals surface area contributed by atoms with Crippen LogP contribution in [0.25, 0.3) is 0 Å². The van der Waals surface area contributed by atoms with Crippen LogP contribution in [0.4, 0.5) is 13.2 Å². The number of likely N-dealkylation sites (tertiary alicyclic amines) is 1. The number of fused-ring (bicyclic) bond motifs is 1.